The van der Waals surface area contributed by atoms with Gasteiger partial charge in [0.2, 0.25) is 0 Å². The Labute approximate surface area is 150 Å². The molecule has 0 unspecified atom stereocenters. The Hall–Kier alpha value is -2.24. The van der Waals surface area contributed by atoms with Crippen molar-refractivity contribution in [1.29, 1.82) is 0 Å². The van der Waals surface area contributed by atoms with Crippen LogP contribution in [0.15, 0.2) is 47.6 Å². The first-order valence-corrected chi connectivity index (χ1v) is 7.98. The number of carbonyl (C=O) groups excluding carboxylic acids is 1. The highest BCUT2D eigenvalue weighted by Crippen LogP contribution is 2.26. The third-order valence-electron chi connectivity index (χ3n) is 2.89. The zero-order valence-electron chi connectivity index (χ0n) is 13.0. The van der Waals surface area contributed by atoms with Gasteiger partial charge in [-0.3, -0.25) is 4.79 Å². The SMILES string of the molecule is CCOc1ccccc1OCC(=O)N/N=C/c1c(Cl)cccc1Cl. The lowest BCUT2D eigenvalue weighted by atomic mass is 10.2. The molecular formula is C17H16Cl2N2O3. The van der Waals surface area contributed by atoms with Crippen LogP contribution >= 0.6 is 23.2 Å². The Morgan fingerprint density at radius 2 is 1.71 bits per heavy atom. The van der Waals surface area contributed by atoms with Gasteiger partial charge in [0.15, 0.2) is 18.1 Å². The van der Waals surface area contributed by atoms with E-state index in [4.69, 9.17) is 32.7 Å². The van der Waals surface area contributed by atoms with Gasteiger partial charge in [0.25, 0.3) is 5.91 Å². The summed E-state index contributed by atoms with van der Waals surface area (Å²) >= 11 is 12.0. The number of benzene rings is 2. The lowest BCUT2D eigenvalue weighted by Gasteiger charge is -2.10. The molecule has 7 heteroatoms. The van der Waals surface area contributed by atoms with Crippen LogP contribution < -0.4 is 14.9 Å². The number of para-hydroxylation sites is 2. The minimum absolute atomic E-state index is 0.197. The number of hydrogen-bond acceptors (Lipinski definition) is 4. The number of hydrazone groups is 1. The molecule has 2 rings (SSSR count). The van der Waals surface area contributed by atoms with E-state index in [1.54, 1.807) is 36.4 Å². The number of amides is 1. The first kappa shape index (κ1) is 18.1. The molecule has 0 radical (unpaired) electrons. The van der Waals surface area contributed by atoms with E-state index in [2.05, 4.69) is 10.5 Å². The largest absolute Gasteiger partial charge is 0.490 e. The molecule has 2 aromatic rings. The van der Waals surface area contributed by atoms with Gasteiger partial charge in [-0.15, -0.1) is 0 Å². The fourth-order valence-corrected chi connectivity index (χ4v) is 2.32. The van der Waals surface area contributed by atoms with Crippen LogP contribution in [0.1, 0.15) is 12.5 Å². The van der Waals surface area contributed by atoms with Gasteiger partial charge in [-0.2, -0.15) is 5.10 Å². The number of halogens is 2. The molecule has 0 bridgehead atoms. The van der Waals surface area contributed by atoms with E-state index in [0.29, 0.717) is 33.7 Å². The molecule has 0 aliphatic carbocycles. The summed E-state index contributed by atoms with van der Waals surface area (Å²) in [6.07, 6.45) is 1.39. The normalized spacial score (nSPS) is 10.6. The van der Waals surface area contributed by atoms with Crippen molar-refractivity contribution in [3.05, 3.63) is 58.1 Å². The zero-order valence-corrected chi connectivity index (χ0v) is 14.5. The number of ether oxygens (including phenoxy) is 2. The maximum Gasteiger partial charge on any atom is 0.277 e. The van der Waals surface area contributed by atoms with Crippen molar-refractivity contribution in [2.24, 2.45) is 5.10 Å². The average molecular weight is 367 g/mol. The highest BCUT2D eigenvalue weighted by molar-refractivity contribution is 6.38. The molecule has 2 aromatic carbocycles. The second kappa shape index (κ2) is 9.15. The third-order valence-corrected chi connectivity index (χ3v) is 3.55. The van der Waals surface area contributed by atoms with Crippen molar-refractivity contribution in [3.8, 4) is 11.5 Å². The standard InChI is InChI=1S/C17H16Cl2N2O3/c1-2-23-15-8-3-4-9-16(15)24-11-17(22)21-20-10-12-13(18)6-5-7-14(12)19/h3-10H,2,11H2,1H3,(H,21,22)/b20-10+. The Kier molecular flexibility index (Phi) is 6.90. The van der Waals surface area contributed by atoms with Crippen molar-refractivity contribution in [1.82, 2.24) is 5.43 Å². The smallest absolute Gasteiger partial charge is 0.277 e. The van der Waals surface area contributed by atoms with Crippen LogP contribution in [-0.4, -0.2) is 25.3 Å². The minimum Gasteiger partial charge on any atom is -0.490 e. The van der Waals surface area contributed by atoms with Crippen LogP contribution in [0.25, 0.3) is 0 Å². The van der Waals surface area contributed by atoms with Crippen LogP contribution in [-0.2, 0) is 4.79 Å². The molecule has 1 N–H and O–H groups in total. The van der Waals surface area contributed by atoms with Crippen LogP contribution in [0.5, 0.6) is 11.5 Å². The van der Waals surface area contributed by atoms with Crippen LogP contribution in [0.3, 0.4) is 0 Å². The Morgan fingerprint density at radius 3 is 2.33 bits per heavy atom. The van der Waals surface area contributed by atoms with Gasteiger partial charge in [-0.05, 0) is 31.2 Å². The summed E-state index contributed by atoms with van der Waals surface area (Å²) in [5.41, 5.74) is 2.89. The minimum atomic E-state index is -0.416. The third kappa shape index (κ3) is 5.15. The van der Waals surface area contributed by atoms with E-state index < -0.39 is 5.91 Å². The van der Waals surface area contributed by atoms with Crippen molar-refractivity contribution in [3.63, 3.8) is 0 Å². The van der Waals surface area contributed by atoms with Gasteiger partial charge in [0, 0.05) is 5.56 Å². The molecular weight excluding hydrogens is 351 g/mol. The quantitative estimate of drug-likeness (QED) is 0.596. The molecule has 126 valence electrons. The van der Waals surface area contributed by atoms with E-state index in [9.17, 15) is 4.79 Å². The predicted octanol–water partition coefficient (Wildman–Crippen LogP) is 3.92. The number of rotatable bonds is 7. The fraction of sp³-hybridized carbons (Fsp3) is 0.176. The molecule has 1 amide bonds. The first-order valence-electron chi connectivity index (χ1n) is 7.22. The van der Waals surface area contributed by atoms with Gasteiger partial charge in [-0.1, -0.05) is 41.4 Å². The maximum atomic E-state index is 11.8. The maximum absolute atomic E-state index is 11.8. The summed E-state index contributed by atoms with van der Waals surface area (Å²) in [5, 5.41) is 4.72. The summed E-state index contributed by atoms with van der Waals surface area (Å²) in [5.74, 6) is 0.660. The molecule has 0 aliphatic rings. The highest BCUT2D eigenvalue weighted by atomic mass is 35.5. The average Bonchev–Trinajstić information content (AvgIpc) is 2.57. The predicted molar refractivity (Wildman–Crippen MR) is 95.3 cm³/mol. The van der Waals surface area contributed by atoms with Crippen molar-refractivity contribution >= 4 is 35.3 Å². The van der Waals surface area contributed by atoms with Gasteiger partial charge >= 0.3 is 0 Å². The second-order valence-corrected chi connectivity index (χ2v) is 5.41. The Morgan fingerprint density at radius 1 is 1.08 bits per heavy atom. The topological polar surface area (TPSA) is 59.9 Å². The number of hydrogen-bond donors (Lipinski definition) is 1. The fourth-order valence-electron chi connectivity index (χ4n) is 1.82. The second-order valence-electron chi connectivity index (χ2n) is 4.60. The van der Waals surface area contributed by atoms with E-state index in [1.807, 2.05) is 13.0 Å². The van der Waals surface area contributed by atoms with E-state index >= 15 is 0 Å². The summed E-state index contributed by atoms with van der Waals surface area (Å²) in [7, 11) is 0. The molecule has 0 atom stereocenters. The molecule has 0 fully saturated rings. The Bertz CT molecular complexity index is 715. The summed E-state index contributed by atoms with van der Waals surface area (Å²) in [6, 6.07) is 12.2. The number of carbonyl (C=O) groups is 1. The molecule has 0 heterocycles. The monoisotopic (exact) mass is 366 g/mol. The molecule has 24 heavy (non-hydrogen) atoms. The summed E-state index contributed by atoms with van der Waals surface area (Å²) < 4.78 is 10.9. The highest BCUT2D eigenvalue weighted by Gasteiger charge is 2.07. The molecule has 0 aliphatic heterocycles. The molecule has 0 aromatic heterocycles. The van der Waals surface area contributed by atoms with E-state index in [1.165, 1.54) is 6.21 Å². The van der Waals surface area contributed by atoms with Crippen LogP contribution in [0.4, 0.5) is 0 Å². The van der Waals surface area contributed by atoms with Crippen molar-refractivity contribution < 1.29 is 14.3 Å². The molecule has 0 saturated carbocycles. The van der Waals surface area contributed by atoms with E-state index in [-0.39, 0.29) is 6.61 Å². The van der Waals surface area contributed by atoms with Gasteiger partial charge in [-0.25, -0.2) is 5.43 Å². The lowest BCUT2D eigenvalue weighted by Crippen LogP contribution is -2.24. The summed E-state index contributed by atoms with van der Waals surface area (Å²) in [4.78, 5) is 11.8. The van der Waals surface area contributed by atoms with E-state index in [0.717, 1.165) is 0 Å². The van der Waals surface area contributed by atoms with Gasteiger partial charge < -0.3 is 9.47 Å². The lowest BCUT2D eigenvalue weighted by molar-refractivity contribution is -0.123. The summed E-state index contributed by atoms with van der Waals surface area (Å²) in [6.45, 7) is 2.19. The molecule has 0 saturated heterocycles. The Balaban J connectivity index is 1.89. The van der Waals surface area contributed by atoms with Crippen molar-refractivity contribution in [2.45, 2.75) is 6.92 Å². The van der Waals surface area contributed by atoms with Gasteiger partial charge in [0.1, 0.15) is 0 Å². The first-order chi connectivity index (χ1) is 11.6. The number of nitrogens with one attached hydrogen (secondary N) is 1. The molecule has 5 nitrogen and oxygen atoms in total. The van der Waals surface area contributed by atoms with Gasteiger partial charge in [0.05, 0.1) is 22.9 Å². The van der Waals surface area contributed by atoms with Crippen LogP contribution in [0.2, 0.25) is 10.0 Å². The van der Waals surface area contributed by atoms with Crippen LogP contribution in [0, 0.1) is 0 Å². The molecule has 0 spiro atoms. The van der Waals surface area contributed by atoms with Crippen molar-refractivity contribution in [2.75, 3.05) is 13.2 Å². The number of nitrogens with zero attached hydrogens (tertiary/aromatic N) is 1. The zero-order chi connectivity index (χ0) is 17.4.